The number of para-hydroxylation sites is 1. The molecule has 0 fully saturated rings. The van der Waals surface area contributed by atoms with E-state index in [4.69, 9.17) is 4.74 Å². The molecular formula is C19H21N3OS. The highest BCUT2D eigenvalue weighted by Crippen LogP contribution is 2.25. The SMILES string of the molecule is CCNCCc1csc(Nc2ccc(Oc3ccccc3)cc2)n1. The summed E-state index contributed by atoms with van der Waals surface area (Å²) in [6.07, 6.45) is 0.954. The lowest BCUT2D eigenvalue weighted by Crippen LogP contribution is -2.16. The maximum absolute atomic E-state index is 5.79. The fraction of sp³-hybridized carbons (Fsp3) is 0.211. The van der Waals surface area contributed by atoms with E-state index in [0.717, 1.165) is 47.5 Å². The number of nitrogens with zero attached hydrogens (tertiary/aromatic N) is 1. The Morgan fingerprint density at radius 2 is 1.75 bits per heavy atom. The summed E-state index contributed by atoms with van der Waals surface area (Å²) >= 11 is 1.63. The van der Waals surface area contributed by atoms with Crippen LogP contribution in [0.3, 0.4) is 0 Å². The molecule has 0 aliphatic heterocycles. The van der Waals surface area contributed by atoms with Crippen molar-refractivity contribution in [2.24, 2.45) is 0 Å². The van der Waals surface area contributed by atoms with E-state index in [1.807, 2.05) is 54.6 Å². The Kier molecular flexibility index (Phi) is 5.82. The lowest BCUT2D eigenvalue weighted by atomic mass is 10.3. The lowest BCUT2D eigenvalue weighted by Gasteiger charge is -2.07. The van der Waals surface area contributed by atoms with Crippen LogP contribution in [0.5, 0.6) is 11.5 Å². The standard InChI is InChI=1S/C19H21N3OS/c1-2-20-13-12-16-14-24-19(22-16)21-15-8-10-18(11-9-15)23-17-6-4-3-5-7-17/h3-11,14,20H,2,12-13H2,1H3,(H,21,22). The molecule has 0 unspecified atom stereocenters. The minimum absolute atomic E-state index is 0.817. The fourth-order valence-corrected chi connectivity index (χ4v) is 2.99. The topological polar surface area (TPSA) is 46.2 Å². The summed E-state index contributed by atoms with van der Waals surface area (Å²) in [5, 5.41) is 9.67. The summed E-state index contributed by atoms with van der Waals surface area (Å²) in [6.45, 7) is 4.07. The Morgan fingerprint density at radius 1 is 1.00 bits per heavy atom. The van der Waals surface area contributed by atoms with Crippen LogP contribution in [-0.2, 0) is 6.42 Å². The van der Waals surface area contributed by atoms with E-state index in [0.29, 0.717) is 0 Å². The van der Waals surface area contributed by atoms with Gasteiger partial charge in [-0.15, -0.1) is 11.3 Å². The number of rotatable bonds is 8. The monoisotopic (exact) mass is 339 g/mol. The molecule has 0 saturated heterocycles. The molecule has 3 rings (SSSR count). The third kappa shape index (κ3) is 4.81. The molecule has 0 amide bonds. The summed E-state index contributed by atoms with van der Waals surface area (Å²) in [7, 11) is 0. The van der Waals surface area contributed by atoms with Gasteiger partial charge in [0.1, 0.15) is 11.5 Å². The van der Waals surface area contributed by atoms with Gasteiger partial charge >= 0.3 is 0 Å². The number of likely N-dealkylation sites (N-methyl/N-ethyl adjacent to an activating group) is 1. The predicted molar refractivity (Wildman–Crippen MR) is 101 cm³/mol. The van der Waals surface area contributed by atoms with Crippen LogP contribution in [0, 0.1) is 0 Å². The highest BCUT2D eigenvalue weighted by atomic mass is 32.1. The van der Waals surface area contributed by atoms with E-state index < -0.39 is 0 Å². The molecule has 4 nitrogen and oxygen atoms in total. The Morgan fingerprint density at radius 3 is 2.50 bits per heavy atom. The van der Waals surface area contributed by atoms with E-state index in [9.17, 15) is 0 Å². The van der Waals surface area contributed by atoms with E-state index >= 15 is 0 Å². The van der Waals surface area contributed by atoms with Gasteiger partial charge in [-0.25, -0.2) is 4.98 Å². The van der Waals surface area contributed by atoms with Gasteiger partial charge in [0.05, 0.1) is 5.69 Å². The van der Waals surface area contributed by atoms with Gasteiger partial charge in [0, 0.05) is 24.0 Å². The van der Waals surface area contributed by atoms with Gasteiger partial charge in [-0.2, -0.15) is 0 Å². The summed E-state index contributed by atoms with van der Waals surface area (Å²) in [4.78, 5) is 4.60. The van der Waals surface area contributed by atoms with Gasteiger partial charge in [-0.1, -0.05) is 25.1 Å². The Hall–Kier alpha value is -2.37. The third-order valence-electron chi connectivity index (χ3n) is 3.44. The first-order chi connectivity index (χ1) is 11.8. The Balaban J connectivity index is 1.56. The average Bonchev–Trinajstić information content (AvgIpc) is 3.05. The minimum Gasteiger partial charge on any atom is -0.457 e. The van der Waals surface area contributed by atoms with Gasteiger partial charge in [-0.05, 0) is 42.9 Å². The van der Waals surface area contributed by atoms with Crippen molar-refractivity contribution >= 4 is 22.2 Å². The number of aromatic nitrogens is 1. The quantitative estimate of drug-likeness (QED) is 0.577. The number of thiazole rings is 1. The first-order valence-electron chi connectivity index (χ1n) is 8.08. The number of hydrogen-bond acceptors (Lipinski definition) is 5. The first kappa shape index (κ1) is 16.5. The molecule has 0 radical (unpaired) electrons. The third-order valence-corrected chi connectivity index (χ3v) is 4.25. The second-order valence-electron chi connectivity index (χ2n) is 5.31. The van der Waals surface area contributed by atoms with Gasteiger partial charge in [-0.3, -0.25) is 0 Å². The van der Waals surface area contributed by atoms with Crippen molar-refractivity contribution in [3.8, 4) is 11.5 Å². The van der Waals surface area contributed by atoms with Gasteiger partial charge in [0.15, 0.2) is 5.13 Å². The van der Waals surface area contributed by atoms with Crippen molar-refractivity contribution in [3.63, 3.8) is 0 Å². The van der Waals surface area contributed by atoms with Crippen LogP contribution >= 0.6 is 11.3 Å². The zero-order chi connectivity index (χ0) is 16.6. The summed E-state index contributed by atoms with van der Waals surface area (Å²) in [5.41, 5.74) is 2.12. The van der Waals surface area contributed by atoms with E-state index in [2.05, 4.69) is 27.9 Å². The number of anilines is 2. The molecule has 124 valence electrons. The van der Waals surface area contributed by atoms with Gasteiger partial charge in [0.2, 0.25) is 0 Å². The summed E-state index contributed by atoms with van der Waals surface area (Å²) in [6, 6.07) is 17.7. The lowest BCUT2D eigenvalue weighted by molar-refractivity contribution is 0.483. The molecule has 0 atom stereocenters. The molecule has 0 aliphatic rings. The fourth-order valence-electron chi connectivity index (χ4n) is 2.23. The molecule has 24 heavy (non-hydrogen) atoms. The van der Waals surface area contributed by atoms with Crippen molar-refractivity contribution in [2.45, 2.75) is 13.3 Å². The van der Waals surface area contributed by atoms with Crippen LogP contribution in [-0.4, -0.2) is 18.1 Å². The van der Waals surface area contributed by atoms with Crippen LogP contribution in [0.2, 0.25) is 0 Å². The Bertz CT molecular complexity index is 741. The number of ether oxygens (including phenoxy) is 1. The molecule has 3 aromatic rings. The molecule has 1 aromatic heterocycles. The minimum atomic E-state index is 0.817. The number of nitrogens with one attached hydrogen (secondary N) is 2. The van der Waals surface area contributed by atoms with E-state index in [1.165, 1.54) is 0 Å². The highest BCUT2D eigenvalue weighted by molar-refractivity contribution is 7.13. The zero-order valence-corrected chi connectivity index (χ0v) is 14.5. The van der Waals surface area contributed by atoms with E-state index in [-0.39, 0.29) is 0 Å². The number of benzene rings is 2. The van der Waals surface area contributed by atoms with E-state index in [1.54, 1.807) is 11.3 Å². The smallest absolute Gasteiger partial charge is 0.187 e. The molecule has 1 heterocycles. The molecule has 0 aliphatic carbocycles. The molecule has 0 saturated carbocycles. The highest BCUT2D eigenvalue weighted by Gasteiger charge is 2.03. The van der Waals surface area contributed by atoms with Crippen molar-refractivity contribution in [2.75, 3.05) is 18.4 Å². The largest absolute Gasteiger partial charge is 0.457 e. The molecule has 2 N–H and O–H groups in total. The van der Waals surface area contributed by atoms with Crippen LogP contribution < -0.4 is 15.4 Å². The van der Waals surface area contributed by atoms with Crippen LogP contribution in [0.4, 0.5) is 10.8 Å². The molecular weight excluding hydrogens is 318 g/mol. The second kappa shape index (κ2) is 8.47. The Labute approximate surface area is 146 Å². The normalized spacial score (nSPS) is 10.5. The maximum atomic E-state index is 5.79. The zero-order valence-electron chi connectivity index (χ0n) is 13.7. The van der Waals surface area contributed by atoms with Crippen molar-refractivity contribution < 1.29 is 4.74 Å². The van der Waals surface area contributed by atoms with Crippen molar-refractivity contribution in [1.82, 2.24) is 10.3 Å². The average molecular weight is 339 g/mol. The van der Waals surface area contributed by atoms with Gasteiger partial charge in [0.25, 0.3) is 0 Å². The van der Waals surface area contributed by atoms with Crippen molar-refractivity contribution in [3.05, 3.63) is 65.7 Å². The summed E-state index contributed by atoms with van der Waals surface area (Å²) in [5.74, 6) is 1.65. The van der Waals surface area contributed by atoms with Crippen LogP contribution in [0.15, 0.2) is 60.0 Å². The van der Waals surface area contributed by atoms with Gasteiger partial charge < -0.3 is 15.4 Å². The van der Waals surface area contributed by atoms with Crippen molar-refractivity contribution in [1.29, 1.82) is 0 Å². The van der Waals surface area contributed by atoms with Crippen LogP contribution in [0.1, 0.15) is 12.6 Å². The molecule has 0 spiro atoms. The molecule has 0 bridgehead atoms. The first-order valence-corrected chi connectivity index (χ1v) is 8.96. The molecule has 2 aromatic carbocycles. The maximum Gasteiger partial charge on any atom is 0.187 e. The predicted octanol–water partition coefficient (Wildman–Crippen LogP) is 4.83. The summed E-state index contributed by atoms with van der Waals surface area (Å²) < 4.78 is 5.79. The van der Waals surface area contributed by atoms with Crippen LogP contribution in [0.25, 0.3) is 0 Å². The number of hydrogen-bond donors (Lipinski definition) is 2. The molecule has 5 heteroatoms. The second-order valence-corrected chi connectivity index (χ2v) is 6.17.